The number of aryl methyl sites for hydroxylation is 1. The van der Waals surface area contributed by atoms with Gasteiger partial charge in [-0.25, -0.2) is 9.59 Å². The molecule has 0 heterocycles. The highest BCUT2D eigenvalue weighted by atomic mass is 16.5. The lowest BCUT2D eigenvalue weighted by molar-refractivity contribution is -0.140. The average Bonchev–Trinajstić information content (AvgIpc) is 2.47. The van der Waals surface area contributed by atoms with Gasteiger partial charge in [0.1, 0.15) is 0 Å². The highest BCUT2D eigenvalue weighted by Crippen LogP contribution is 2.27. The van der Waals surface area contributed by atoms with Crippen molar-refractivity contribution in [1.29, 1.82) is 0 Å². The minimum Gasteiger partial charge on any atom is -0.480 e. The van der Waals surface area contributed by atoms with Crippen LogP contribution in [-0.4, -0.2) is 36.9 Å². The Hall–Kier alpha value is -2.08. The predicted octanol–water partition coefficient (Wildman–Crippen LogP) is 1.79. The van der Waals surface area contributed by atoms with Gasteiger partial charge in [-0.3, -0.25) is 0 Å². The molecule has 2 rings (SSSR count). The Morgan fingerprint density at radius 1 is 1.33 bits per heavy atom. The average molecular weight is 292 g/mol. The molecular weight excluding hydrogens is 272 g/mol. The van der Waals surface area contributed by atoms with Gasteiger partial charge < -0.3 is 20.5 Å². The molecule has 0 saturated carbocycles. The van der Waals surface area contributed by atoms with Crippen LogP contribution in [0.5, 0.6) is 0 Å². The summed E-state index contributed by atoms with van der Waals surface area (Å²) >= 11 is 0. The van der Waals surface area contributed by atoms with E-state index in [1.165, 1.54) is 12.7 Å². The molecule has 1 aliphatic carbocycles. The van der Waals surface area contributed by atoms with Crippen LogP contribution in [0.15, 0.2) is 18.2 Å². The molecule has 6 heteroatoms. The largest absolute Gasteiger partial charge is 0.480 e. The smallest absolute Gasteiger partial charge is 0.328 e. The van der Waals surface area contributed by atoms with Crippen LogP contribution in [-0.2, 0) is 22.4 Å². The summed E-state index contributed by atoms with van der Waals surface area (Å²) in [4.78, 5) is 22.9. The second kappa shape index (κ2) is 7.08. The summed E-state index contributed by atoms with van der Waals surface area (Å²) in [5.41, 5.74) is 3.16. The monoisotopic (exact) mass is 292 g/mol. The lowest BCUT2D eigenvalue weighted by Gasteiger charge is -2.20. The normalized spacial score (nSPS) is 14.9. The molecule has 114 valence electrons. The van der Waals surface area contributed by atoms with E-state index in [1.807, 2.05) is 12.1 Å². The molecule has 1 aromatic carbocycles. The van der Waals surface area contributed by atoms with Crippen molar-refractivity contribution in [2.45, 2.75) is 31.7 Å². The Balaban J connectivity index is 2.04. The maximum atomic E-state index is 11.9. The SMILES string of the molecule is COCC(NC(=O)Nc1cccc2c1CCCC2)C(=O)O. The quantitative estimate of drug-likeness (QED) is 0.772. The van der Waals surface area contributed by atoms with Gasteiger partial charge in [0.25, 0.3) is 0 Å². The van der Waals surface area contributed by atoms with E-state index >= 15 is 0 Å². The van der Waals surface area contributed by atoms with Gasteiger partial charge in [0, 0.05) is 12.8 Å². The molecule has 6 nitrogen and oxygen atoms in total. The standard InChI is InChI=1S/C15H20N2O4/c1-21-9-13(14(18)19)17-15(20)16-12-8-4-6-10-5-2-3-7-11(10)12/h4,6,8,13H,2-3,5,7,9H2,1H3,(H,18,19)(H2,16,17,20). The van der Waals surface area contributed by atoms with Gasteiger partial charge in [0.15, 0.2) is 6.04 Å². The van der Waals surface area contributed by atoms with Gasteiger partial charge in [-0.05, 0) is 42.9 Å². The molecule has 2 amide bonds. The lowest BCUT2D eigenvalue weighted by atomic mass is 9.90. The molecule has 21 heavy (non-hydrogen) atoms. The van der Waals surface area contributed by atoms with Crippen molar-refractivity contribution >= 4 is 17.7 Å². The van der Waals surface area contributed by atoms with Crippen molar-refractivity contribution in [2.24, 2.45) is 0 Å². The van der Waals surface area contributed by atoms with E-state index in [2.05, 4.69) is 16.7 Å². The third-order valence-electron chi connectivity index (χ3n) is 3.58. The Morgan fingerprint density at radius 2 is 2.10 bits per heavy atom. The fourth-order valence-electron chi connectivity index (χ4n) is 2.56. The third kappa shape index (κ3) is 3.95. The molecule has 0 spiro atoms. The van der Waals surface area contributed by atoms with Gasteiger partial charge in [0.2, 0.25) is 0 Å². The second-order valence-corrected chi connectivity index (χ2v) is 5.09. The van der Waals surface area contributed by atoms with Crippen LogP contribution < -0.4 is 10.6 Å². The van der Waals surface area contributed by atoms with E-state index in [4.69, 9.17) is 9.84 Å². The molecule has 0 fully saturated rings. The molecule has 1 aliphatic rings. The van der Waals surface area contributed by atoms with Crippen molar-refractivity contribution in [3.8, 4) is 0 Å². The topological polar surface area (TPSA) is 87.7 Å². The first-order chi connectivity index (χ1) is 10.1. The lowest BCUT2D eigenvalue weighted by Crippen LogP contribution is -2.45. The van der Waals surface area contributed by atoms with Crippen molar-refractivity contribution < 1.29 is 19.4 Å². The van der Waals surface area contributed by atoms with Crippen LogP contribution in [0, 0.1) is 0 Å². The fraction of sp³-hybridized carbons (Fsp3) is 0.467. The zero-order valence-electron chi connectivity index (χ0n) is 12.0. The summed E-state index contributed by atoms with van der Waals surface area (Å²) in [6.45, 7) is -0.0738. The first-order valence-corrected chi connectivity index (χ1v) is 7.02. The van der Waals surface area contributed by atoms with Crippen LogP contribution in [0.1, 0.15) is 24.0 Å². The maximum Gasteiger partial charge on any atom is 0.328 e. The van der Waals surface area contributed by atoms with E-state index in [0.29, 0.717) is 0 Å². The fourth-order valence-corrected chi connectivity index (χ4v) is 2.56. The Morgan fingerprint density at radius 3 is 2.81 bits per heavy atom. The van der Waals surface area contributed by atoms with Crippen LogP contribution in [0.25, 0.3) is 0 Å². The number of carboxylic acids is 1. The number of ether oxygens (including phenoxy) is 1. The van der Waals surface area contributed by atoms with Crippen LogP contribution in [0.3, 0.4) is 0 Å². The number of carbonyl (C=O) groups is 2. The molecule has 3 N–H and O–H groups in total. The summed E-state index contributed by atoms with van der Waals surface area (Å²) in [6.07, 6.45) is 4.23. The summed E-state index contributed by atoms with van der Waals surface area (Å²) in [5.74, 6) is -1.12. The number of fused-ring (bicyclic) bond motifs is 1. The summed E-state index contributed by atoms with van der Waals surface area (Å²) in [7, 11) is 1.39. The van der Waals surface area contributed by atoms with E-state index in [1.54, 1.807) is 0 Å². The van der Waals surface area contributed by atoms with Crippen LogP contribution in [0.2, 0.25) is 0 Å². The molecule has 1 atom stereocenters. The zero-order valence-corrected chi connectivity index (χ0v) is 12.0. The van der Waals surface area contributed by atoms with Gasteiger partial charge in [-0.1, -0.05) is 12.1 Å². The molecule has 1 unspecified atom stereocenters. The molecule has 0 aliphatic heterocycles. The second-order valence-electron chi connectivity index (χ2n) is 5.09. The minimum atomic E-state index is -1.12. The van der Waals surface area contributed by atoms with Gasteiger partial charge >= 0.3 is 12.0 Å². The Labute approximate surface area is 123 Å². The highest BCUT2D eigenvalue weighted by Gasteiger charge is 2.20. The van der Waals surface area contributed by atoms with Gasteiger partial charge in [-0.2, -0.15) is 0 Å². The van der Waals surface area contributed by atoms with E-state index in [0.717, 1.165) is 36.9 Å². The Kier molecular flexibility index (Phi) is 5.16. The number of nitrogens with one attached hydrogen (secondary N) is 2. The zero-order chi connectivity index (χ0) is 15.2. The van der Waals surface area contributed by atoms with Crippen LogP contribution >= 0.6 is 0 Å². The number of hydrogen-bond acceptors (Lipinski definition) is 3. The number of urea groups is 1. The predicted molar refractivity (Wildman–Crippen MR) is 78.5 cm³/mol. The van der Waals surface area contributed by atoms with E-state index < -0.39 is 18.0 Å². The maximum absolute atomic E-state index is 11.9. The molecule has 1 aromatic rings. The first-order valence-electron chi connectivity index (χ1n) is 7.02. The van der Waals surface area contributed by atoms with Gasteiger partial charge in [0.05, 0.1) is 6.61 Å². The number of carboxylic acid groups (broad SMARTS) is 1. The van der Waals surface area contributed by atoms with Crippen molar-refractivity contribution in [2.75, 3.05) is 19.0 Å². The number of amides is 2. The highest BCUT2D eigenvalue weighted by molar-refractivity contribution is 5.93. The van der Waals surface area contributed by atoms with E-state index in [-0.39, 0.29) is 6.61 Å². The number of hydrogen-bond donors (Lipinski definition) is 3. The summed E-state index contributed by atoms with van der Waals surface area (Å²) in [6, 6.07) is 4.23. The molecule has 0 bridgehead atoms. The van der Waals surface area contributed by atoms with Crippen molar-refractivity contribution in [1.82, 2.24) is 5.32 Å². The summed E-state index contributed by atoms with van der Waals surface area (Å²) < 4.78 is 4.78. The van der Waals surface area contributed by atoms with Crippen molar-refractivity contribution in [3.63, 3.8) is 0 Å². The van der Waals surface area contributed by atoms with Crippen LogP contribution in [0.4, 0.5) is 10.5 Å². The Bertz CT molecular complexity index is 530. The number of benzene rings is 1. The van der Waals surface area contributed by atoms with Crippen molar-refractivity contribution in [3.05, 3.63) is 29.3 Å². The molecule has 0 aromatic heterocycles. The third-order valence-corrected chi connectivity index (χ3v) is 3.58. The molecule has 0 saturated heterocycles. The first kappa shape index (κ1) is 15.3. The minimum absolute atomic E-state index is 0.0738. The number of rotatable bonds is 5. The number of anilines is 1. The van der Waals surface area contributed by atoms with Gasteiger partial charge in [-0.15, -0.1) is 0 Å². The summed E-state index contributed by atoms with van der Waals surface area (Å²) in [5, 5.41) is 14.1. The molecule has 0 radical (unpaired) electrons. The van der Waals surface area contributed by atoms with E-state index in [9.17, 15) is 9.59 Å². The number of methoxy groups -OCH3 is 1. The number of aliphatic carboxylic acids is 1. The number of carbonyl (C=O) groups excluding carboxylic acids is 1. The molecular formula is C15H20N2O4.